The van der Waals surface area contributed by atoms with Crippen molar-refractivity contribution in [2.24, 2.45) is 11.8 Å². The molecule has 0 aromatic heterocycles. The zero-order chi connectivity index (χ0) is 18.6. The second-order valence-corrected chi connectivity index (χ2v) is 6.73. The maximum absolute atomic E-state index is 12.8. The first-order valence-corrected chi connectivity index (χ1v) is 8.51. The summed E-state index contributed by atoms with van der Waals surface area (Å²) < 4.78 is 0. The van der Waals surface area contributed by atoms with E-state index in [1.54, 1.807) is 25.1 Å². The van der Waals surface area contributed by atoms with Gasteiger partial charge in [-0.25, -0.2) is 0 Å². The SMILES string of the molecule is Cc1ccc(CC(C(=O)Nc2cccc(Cl)c2C)C(C)C(=O)O)cc1. The lowest BCUT2D eigenvalue weighted by Crippen LogP contribution is -2.34. The number of benzene rings is 2. The van der Waals surface area contributed by atoms with Crippen LogP contribution in [-0.2, 0) is 16.0 Å². The molecule has 2 aromatic carbocycles. The van der Waals surface area contributed by atoms with Crippen molar-refractivity contribution in [2.75, 3.05) is 5.32 Å². The van der Waals surface area contributed by atoms with E-state index in [0.29, 0.717) is 17.1 Å². The molecule has 0 saturated carbocycles. The van der Waals surface area contributed by atoms with Gasteiger partial charge in [0.15, 0.2) is 0 Å². The molecule has 0 spiro atoms. The minimum absolute atomic E-state index is 0.319. The first-order valence-electron chi connectivity index (χ1n) is 8.14. The highest BCUT2D eigenvalue weighted by atomic mass is 35.5. The molecule has 4 nitrogen and oxygen atoms in total. The molecule has 0 saturated heterocycles. The Morgan fingerprint density at radius 2 is 1.76 bits per heavy atom. The fraction of sp³-hybridized carbons (Fsp3) is 0.300. The van der Waals surface area contributed by atoms with Crippen molar-refractivity contribution < 1.29 is 14.7 Å². The largest absolute Gasteiger partial charge is 0.481 e. The molecule has 25 heavy (non-hydrogen) atoms. The quantitative estimate of drug-likeness (QED) is 0.799. The molecule has 0 bridgehead atoms. The molecule has 1 amide bonds. The zero-order valence-electron chi connectivity index (χ0n) is 14.5. The van der Waals surface area contributed by atoms with E-state index in [-0.39, 0.29) is 5.91 Å². The molecule has 132 valence electrons. The van der Waals surface area contributed by atoms with Crippen molar-refractivity contribution in [1.82, 2.24) is 0 Å². The van der Waals surface area contributed by atoms with Gasteiger partial charge in [-0.05, 0) is 43.5 Å². The molecule has 0 aliphatic carbocycles. The Hall–Kier alpha value is -2.33. The summed E-state index contributed by atoms with van der Waals surface area (Å²) in [6.45, 7) is 5.36. The lowest BCUT2D eigenvalue weighted by atomic mass is 9.87. The third-order valence-corrected chi connectivity index (χ3v) is 4.84. The Morgan fingerprint density at radius 3 is 2.36 bits per heavy atom. The van der Waals surface area contributed by atoms with Crippen LogP contribution in [0.4, 0.5) is 5.69 Å². The predicted molar refractivity (Wildman–Crippen MR) is 100.0 cm³/mol. The van der Waals surface area contributed by atoms with E-state index in [4.69, 9.17) is 11.6 Å². The molecule has 0 heterocycles. The van der Waals surface area contributed by atoms with Crippen LogP contribution < -0.4 is 5.32 Å². The highest BCUT2D eigenvalue weighted by Crippen LogP contribution is 2.26. The van der Waals surface area contributed by atoms with Crippen LogP contribution in [0.5, 0.6) is 0 Å². The zero-order valence-corrected chi connectivity index (χ0v) is 15.3. The number of rotatable bonds is 6. The van der Waals surface area contributed by atoms with Gasteiger partial charge in [-0.1, -0.05) is 54.4 Å². The molecule has 2 atom stereocenters. The molecule has 5 heteroatoms. The van der Waals surface area contributed by atoms with E-state index in [1.165, 1.54) is 0 Å². The predicted octanol–water partition coefficient (Wildman–Crippen LogP) is 4.47. The molecule has 0 aliphatic heterocycles. The summed E-state index contributed by atoms with van der Waals surface area (Å²) >= 11 is 6.09. The van der Waals surface area contributed by atoms with Crippen molar-refractivity contribution >= 4 is 29.2 Å². The van der Waals surface area contributed by atoms with Crippen LogP contribution >= 0.6 is 11.6 Å². The second-order valence-electron chi connectivity index (χ2n) is 6.32. The fourth-order valence-corrected chi connectivity index (χ4v) is 2.79. The van der Waals surface area contributed by atoms with Crippen LogP contribution in [0.1, 0.15) is 23.6 Å². The number of carboxylic acid groups (broad SMARTS) is 1. The van der Waals surface area contributed by atoms with E-state index < -0.39 is 17.8 Å². The van der Waals surface area contributed by atoms with Gasteiger partial charge < -0.3 is 10.4 Å². The summed E-state index contributed by atoms with van der Waals surface area (Å²) in [5.74, 6) is -2.80. The van der Waals surface area contributed by atoms with Gasteiger partial charge in [-0.2, -0.15) is 0 Å². The van der Waals surface area contributed by atoms with E-state index >= 15 is 0 Å². The monoisotopic (exact) mass is 359 g/mol. The normalized spacial score (nSPS) is 13.1. The van der Waals surface area contributed by atoms with E-state index in [9.17, 15) is 14.7 Å². The van der Waals surface area contributed by atoms with Crippen LogP contribution in [0.15, 0.2) is 42.5 Å². The first kappa shape index (κ1) is 19.0. The van der Waals surface area contributed by atoms with Crippen LogP contribution in [0, 0.1) is 25.7 Å². The van der Waals surface area contributed by atoms with E-state index in [2.05, 4.69) is 5.32 Å². The minimum Gasteiger partial charge on any atom is -0.481 e. The fourth-order valence-electron chi connectivity index (χ4n) is 2.62. The molecule has 2 rings (SSSR count). The third kappa shape index (κ3) is 4.83. The minimum atomic E-state index is -0.991. The van der Waals surface area contributed by atoms with Crippen molar-refractivity contribution in [2.45, 2.75) is 27.2 Å². The summed E-state index contributed by atoms with van der Waals surface area (Å²) in [6.07, 6.45) is 0.360. The number of halogens is 1. The molecular formula is C20H22ClNO3. The molecule has 2 N–H and O–H groups in total. The van der Waals surface area contributed by atoms with Crippen molar-refractivity contribution in [3.8, 4) is 0 Å². The number of nitrogens with one attached hydrogen (secondary N) is 1. The van der Waals surface area contributed by atoms with Crippen molar-refractivity contribution in [1.29, 1.82) is 0 Å². The Kier molecular flexibility index (Phi) is 6.21. The number of aliphatic carboxylic acids is 1. The maximum atomic E-state index is 12.8. The summed E-state index contributed by atoms with van der Waals surface area (Å²) in [5, 5.41) is 12.8. The van der Waals surface area contributed by atoms with Gasteiger partial charge in [-0.3, -0.25) is 9.59 Å². The van der Waals surface area contributed by atoms with Gasteiger partial charge in [0.25, 0.3) is 0 Å². The van der Waals surface area contributed by atoms with Gasteiger partial charge in [0.1, 0.15) is 0 Å². The Morgan fingerprint density at radius 1 is 1.12 bits per heavy atom. The summed E-state index contributed by atoms with van der Waals surface area (Å²) in [5.41, 5.74) is 3.41. The average molecular weight is 360 g/mol. The third-order valence-electron chi connectivity index (χ3n) is 4.43. The van der Waals surface area contributed by atoms with E-state index in [0.717, 1.165) is 16.7 Å². The Bertz CT molecular complexity index is 771. The lowest BCUT2D eigenvalue weighted by Gasteiger charge is -2.21. The first-order chi connectivity index (χ1) is 11.8. The smallest absolute Gasteiger partial charge is 0.307 e. The molecule has 2 unspecified atom stereocenters. The average Bonchev–Trinajstić information content (AvgIpc) is 2.57. The number of carbonyl (C=O) groups excluding carboxylic acids is 1. The van der Waals surface area contributed by atoms with Gasteiger partial charge in [0.05, 0.1) is 11.8 Å². The highest BCUT2D eigenvalue weighted by molar-refractivity contribution is 6.31. The molecule has 0 aliphatic rings. The Balaban J connectivity index is 2.25. The standard InChI is InChI=1S/C20H22ClNO3/c1-12-7-9-15(10-8-12)11-16(13(2)20(24)25)19(23)22-18-6-4-5-17(21)14(18)3/h4-10,13,16H,11H2,1-3H3,(H,22,23)(H,24,25). The molecule has 0 fully saturated rings. The van der Waals surface area contributed by atoms with Crippen molar-refractivity contribution in [3.63, 3.8) is 0 Å². The van der Waals surface area contributed by atoms with Gasteiger partial charge >= 0.3 is 5.97 Å². The lowest BCUT2D eigenvalue weighted by molar-refractivity contribution is -0.145. The molecular weight excluding hydrogens is 338 g/mol. The number of hydrogen-bond acceptors (Lipinski definition) is 2. The number of hydrogen-bond donors (Lipinski definition) is 2. The summed E-state index contributed by atoms with van der Waals surface area (Å²) in [7, 11) is 0. The van der Waals surface area contributed by atoms with Crippen molar-refractivity contribution in [3.05, 3.63) is 64.2 Å². The number of anilines is 1. The topological polar surface area (TPSA) is 66.4 Å². The second kappa shape index (κ2) is 8.17. The Labute approximate surface area is 152 Å². The number of aryl methyl sites for hydroxylation is 1. The number of carboxylic acids is 1. The summed E-state index contributed by atoms with van der Waals surface area (Å²) in [4.78, 5) is 24.2. The molecule has 2 aromatic rings. The van der Waals surface area contributed by atoms with Crippen LogP contribution in [-0.4, -0.2) is 17.0 Å². The van der Waals surface area contributed by atoms with Crippen LogP contribution in [0.25, 0.3) is 0 Å². The van der Waals surface area contributed by atoms with Gasteiger partial charge in [0, 0.05) is 10.7 Å². The van der Waals surface area contributed by atoms with E-state index in [1.807, 2.05) is 38.1 Å². The highest BCUT2D eigenvalue weighted by Gasteiger charge is 2.30. The molecule has 0 radical (unpaired) electrons. The van der Waals surface area contributed by atoms with Crippen LogP contribution in [0.3, 0.4) is 0 Å². The maximum Gasteiger partial charge on any atom is 0.307 e. The number of carbonyl (C=O) groups is 2. The van der Waals surface area contributed by atoms with Gasteiger partial charge in [0.2, 0.25) is 5.91 Å². The number of amides is 1. The van der Waals surface area contributed by atoms with Gasteiger partial charge in [-0.15, -0.1) is 0 Å². The summed E-state index contributed by atoms with van der Waals surface area (Å²) in [6, 6.07) is 13.0. The van der Waals surface area contributed by atoms with Crippen LogP contribution in [0.2, 0.25) is 5.02 Å².